The van der Waals surface area contributed by atoms with Gasteiger partial charge in [0, 0.05) is 12.3 Å². The molecule has 0 aliphatic heterocycles. The normalized spacial score (nSPS) is 17.0. The summed E-state index contributed by atoms with van der Waals surface area (Å²) >= 11 is 5.96. The summed E-state index contributed by atoms with van der Waals surface area (Å²) in [6, 6.07) is 4.26. The minimum atomic E-state index is -3.35. The van der Waals surface area contributed by atoms with Crippen molar-refractivity contribution in [3.8, 4) is 0 Å². The molecule has 1 aromatic rings. The predicted octanol–water partition coefficient (Wildman–Crippen LogP) is 2.27. The molecule has 1 aromatic carbocycles. The Morgan fingerprint density at radius 1 is 1.42 bits per heavy atom. The van der Waals surface area contributed by atoms with E-state index in [-0.39, 0.29) is 27.4 Å². The summed E-state index contributed by atoms with van der Waals surface area (Å²) in [4.78, 5) is 12.2. The van der Waals surface area contributed by atoms with Crippen LogP contribution >= 0.6 is 11.6 Å². The lowest BCUT2D eigenvalue weighted by Crippen LogP contribution is -2.34. The van der Waals surface area contributed by atoms with Crippen LogP contribution in [0.15, 0.2) is 23.1 Å². The molecular weight excluding hydrogens is 286 g/mol. The number of benzene rings is 1. The largest absolute Gasteiger partial charge is 0.349 e. The van der Waals surface area contributed by atoms with Gasteiger partial charge in [0.15, 0.2) is 9.84 Å². The highest BCUT2D eigenvalue weighted by Gasteiger charge is 2.29. The molecule has 1 amide bonds. The lowest BCUT2D eigenvalue weighted by molar-refractivity contribution is 0.0936. The first kappa shape index (κ1) is 14.3. The van der Waals surface area contributed by atoms with Crippen molar-refractivity contribution in [1.29, 1.82) is 0 Å². The van der Waals surface area contributed by atoms with Crippen LogP contribution in [0.25, 0.3) is 0 Å². The highest BCUT2D eigenvalue weighted by atomic mass is 35.5. The maximum absolute atomic E-state index is 12.1. The monoisotopic (exact) mass is 301 g/mol. The molecule has 104 valence electrons. The second kappa shape index (κ2) is 5.13. The highest BCUT2D eigenvalue weighted by Crippen LogP contribution is 2.32. The van der Waals surface area contributed by atoms with Crippen LogP contribution in [0.4, 0.5) is 0 Å². The zero-order valence-electron chi connectivity index (χ0n) is 10.8. The number of hydrogen-bond acceptors (Lipinski definition) is 3. The fraction of sp³-hybridized carbons (Fsp3) is 0.462. The fourth-order valence-electron chi connectivity index (χ4n) is 1.91. The van der Waals surface area contributed by atoms with E-state index in [2.05, 4.69) is 5.32 Å². The number of rotatable bonds is 4. The number of hydrogen-bond donors (Lipinski definition) is 1. The Bertz CT molecular complexity index is 608. The first-order valence-electron chi connectivity index (χ1n) is 6.09. The van der Waals surface area contributed by atoms with Gasteiger partial charge < -0.3 is 5.32 Å². The van der Waals surface area contributed by atoms with Gasteiger partial charge in [-0.2, -0.15) is 0 Å². The number of sulfone groups is 1. The van der Waals surface area contributed by atoms with Crippen molar-refractivity contribution in [3.05, 3.63) is 28.8 Å². The molecule has 19 heavy (non-hydrogen) atoms. The summed E-state index contributed by atoms with van der Waals surface area (Å²) in [6.07, 6.45) is 3.35. The van der Waals surface area contributed by atoms with Crippen molar-refractivity contribution in [1.82, 2.24) is 5.32 Å². The Balaban J connectivity index is 2.25. The fourth-order valence-corrected chi connectivity index (χ4v) is 2.76. The molecule has 0 saturated heterocycles. The summed E-state index contributed by atoms with van der Waals surface area (Å²) in [5.74, 6) is 0.204. The van der Waals surface area contributed by atoms with Crippen LogP contribution in [-0.2, 0) is 9.84 Å². The Labute approximate surface area is 118 Å². The molecule has 1 N–H and O–H groups in total. The molecule has 0 aromatic heterocycles. The Hall–Kier alpha value is -1.07. The number of amides is 1. The topological polar surface area (TPSA) is 63.2 Å². The molecular formula is C13H16ClNO3S. The third-order valence-corrected chi connectivity index (χ3v) is 4.74. The lowest BCUT2D eigenvalue weighted by atomic mass is 10.1. The molecule has 1 unspecified atom stereocenters. The molecule has 1 fully saturated rings. The maximum atomic E-state index is 12.1. The van der Waals surface area contributed by atoms with Gasteiger partial charge in [-0.15, -0.1) is 0 Å². The molecule has 6 heteroatoms. The summed E-state index contributed by atoms with van der Waals surface area (Å²) in [5, 5.41) is 3.12. The molecule has 1 aliphatic rings. The van der Waals surface area contributed by atoms with Crippen LogP contribution in [0.1, 0.15) is 30.1 Å². The molecule has 0 radical (unpaired) electrons. The predicted molar refractivity (Wildman–Crippen MR) is 74.2 cm³/mol. The number of nitrogens with one attached hydrogen (secondary N) is 1. The molecule has 1 atom stereocenters. The van der Waals surface area contributed by atoms with Gasteiger partial charge in [-0.3, -0.25) is 4.79 Å². The van der Waals surface area contributed by atoms with E-state index in [9.17, 15) is 13.2 Å². The molecule has 2 rings (SSSR count). The second-order valence-corrected chi connectivity index (χ2v) is 7.44. The highest BCUT2D eigenvalue weighted by molar-refractivity contribution is 7.90. The quantitative estimate of drug-likeness (QED) is 0.928. The Kier molecular flexibility index (Phi) is 3.87. The zero-order valence-corrected chi connectivity index (χ0v) is 12.4. The SMILES string of the molecule is CC(NC(=O)c1cc(S(C)(=O)=O)ccc1Cl)C1CC1. The van der Waals surface area contributed by atoms with Gasteiger partial charge in [-0.05, 0) is 43.9 Å². The van der Waals surface area contributed by atoms with E-state index in [1.54, 1.807) is 0 Å². The maximum Gasteiger partial charge on any atom is 0.253 e. The van der Waals surface area contributed by atoms with E-state index >= 15 is 0 Å². The summed E-state index contributed by atoms with van der Waals surface area (Å²) < 4.78 is 23.0. The van der Waals surface area contributed by atoms with E-state index in [0.29, 0.717) is 5.92 Å². The smallest absolute Gasteiger partial charge is 0.253 e. The van der Waals surface area contributed by atoms with Gasteiger partial charge in [0.25, 0.3) is 5.91 Å². The van der Waals surface area contributed by atoms with E-state index < -0.39 is 9.84 Å². The second-order valence-electron chi connectivity index (χ2n) is 5.01. The number of carbonyl (C=O) groups excluding carboxylic acids is 1. The van der Waals surface area contributed by atoms with Gasteiger partial charge in [-0.25, -0.2) is 8.42 Å². The van der Waals surface area contributed by atoms with Crippen molar-refractivity contribution < 1.29 is 13.2 Å². The Morgan fingerprint density at radius 2 is 2.05 bits per heavy atom. The van der Waals surface area contributed by atoms with Gasteiger partial charge >= 0.3 is 0 Å². The third-order valence-electron chi connectivity index (χ3n) is 3.30. The average molecular weight is 302 g/mol. The Morgan fingerprint density at radius 3 is 2.58 bits per heavy atom. The van der Waals surface area contributed by atoms with E-state index in [0.717, 1.165) is 19.1 Å². The summed E-state index contributed by atoms with van der Waals surface area (Å²) in [5.41, 5.74) is 0.206. The van der Waals surface area contributed by atoms with Crippen molar-refractivity contribution in [2.45, 2.75) is 30.7 Å². The zero-order chi connectivity index (χ0) is 14.2. The van der Waals surface area contributed by atoms with Gasteiger partial charge in [0.05, 0.1) is 15.5 Å². The van der Waals surface area contributed by atoms with Gasteiger partial charge in [-0.1, -0.05) is 11.6 Å². The third kappa shape index (κ3) is 3.48. The van der Waals surface area contributed by atoms with Crippen molar-refractivity contribution in [2.24, 2.45) is 5.92 Å². The molecule has 0 heterocycles. The summed E-state index contributed by atoms with van der Waals surface area (Å²) in [7, 11) is -3.35. The average Bonchev–Trinajstić information content (AvgIpc) is 3.11. The van der Waals surface area contributed by atoms with Crippen molar-refractivity contribution >= 4 is 27.3 Å². The van der Waals surface area contributed by atoms with Crippen LogP contribution in [0.3, 0.4) is 0 Å². The first-order chi connectivity index (χ1) is 8.79. The summed E-state index contributed by atoms with van der Waals surface area (Å²) in [6.45, 7) is 1.95. The minimum Gasteiger partial charge on any atom is -0.349 e. The minimum absolute atomic E-state index is 0.0884. The van der Waals surface area contributed by atoms with Crippen LogP contribution in [0, 0.1) is 5.92 Å². The number of carbonyl (C=O) groups is 1. The molecule has 0 bridgehead atoms. The van der Waals surface area contributed by atoms with Gasteiger partial charge in [0.2, 0.25) is 0 Å². The molecule has 1 saturated carbocycles. The first-order valence-corrected chi connectivity index (χ1v) is 8.36. The van der Waals surface area contributed by atoms with Crippen LogP contribution in [-0.4, -0.2) is 26.6 Å². The number of halogens is 1. The van der Waals surface area contributed by atoms with E-state index in [1.165, 1.54) is 18.2 Å². The van der Waals surface area contributed by atoms with Crippen molar-refractivity contribution in [3.63, 3.8) is 0 Å². The molecule has 1 aliphatic carbocycles. The van der Waals surface area contributed by atoms with E-state index in [1.807, 2.05) is 6.92 Å². The van der Waals surface area contributed by atoms with Gasteiger partial charge in [0.1, 0.15) is 0 Å². The standard InChI is InChI=1S/C13H16ClNO3S/c1-8(9-3-4-9)15-13(16)11-7-10(19(2,17)18)5-6-12(11)14/h5-9H,3-4H2,1-2H3,(H,15,16). The van der Waals surface area contributed by atoms with Crippen LogP contribution in [0.5, 0.6) is 0 Å². The van der Waals surface area contributed by atoms with Crippen LogP contribution < -0.4 is 5.32 Å². The lowest BCUT2D eigenvalue weighted by Gasteiger charge is -2.14. The van der Waals surface area contributed by atoms with Crippen molar-refractivity contribution in [2.75, 3.05) is 6.26 Å². The molecule has 4 nitrogen and oxygen atoms in total. The molecule has 0 spiro atoms. The van der Waals surface area contributed by atoms with Crippen LogP contribution in [0.2, 0.25) is 5.02 Å². The van der Waals surface area contributed by atoms with E-state index in [4.69, 9.17) is 11.6 Å².